The lowest BCUT2D eigenvalue weighted by atomic mass is 9.89. The van der Waals surface area contributed by atoms with Crippen molar-refractivity contribution in [1.82, 2.24) is 10.6 Å². The van der Waals surface area contributed by atoms with Crippen LogP contribution < -0.4 is 15.4 Å². The molecule has 0 fully saturated rings. The molecule has 3 atom stereocenters. The van der Waals surface area contributed by atoms with Crippen LogP contribution in [0.1, 0.15) is 12.0 Å². The molecule has 0 spiro atoms. The van der Waals surface area contributed by atoms with Gasteiger partial charge in [-0.15, -0.1) is 0 Å². The van der Waals surface area contributed by atoms with Gasteiger partial charge < -0.3 is 25.6 Å². The van der Waals surface area contributed by atoms with Gasteiger partial charge in [0, 0.05) is 24.7 Å². The van der Waals surface area contributed by atoms with Crippen LogP contribution in [0.15, 0.2) is 66.2 Å². The minimum absolute atomic E-state index is 0.126. The maximum atomic E-state index is 12.5. The molecule has 2 aromatic carbocycles. The molecule has 2 aromatic rings. The number of amides is 1. The molecule has 0 heterocycles. The maximum absolute atomic E-state index is 12.5. The highest BCUT2D eigenvalue weighted by Crippen LogP contribution is 2.27. The van der Waals surface area contributed by atoms with Crippen molar-refractivity contribution in [1.29, 1.82) is 0 Å². The summed E-state index contributed by atoms with van der Waals surface area (Å²) in [5, 5.41) is 26.0. The fraction of sp³-hybridized carbons (Fsp3) is 0.318. The molecule has 1 aliphatic rings. The van der Waals surface area contributed by atoms with Gasteiger partial charge in [0.15, 0.2) is 0 Å². The van der Waals surface area contributed by atoms with E-state index in [1.165, 1.54) is 0 Å². The van der Waals surface area contributed by atoms with Crippen LogP contribution in [-0.4, -0.2) is 47.5 Å². The number of aliphatic hydroxyl groups is 2. The first-order valence-electron chi connectivity index (χ1n) is 9.55. The molecular weight excluding hydrogens is 483 g/mol. The SMILES string of the molecule is O=C(NCCO)C1=CC(Oc2ccccc2I)C(O)C(NCc2ccccc2)C1. The lowest BCUT2D eigenvalue weighted by Gasteiger charge is -2.34. The number of rotatable bonds is 8. The molecule has 3 rings (SSSR count). The van der Waals surface area contributed by atoms with E-state index in [0.29, 0.717) is 24.3 Å². The molecule has 4 N–H and O–H groups in total. The minimum atomic E-state index is -0.816. The zero-order chi connectivity index (χ0) is 20.6. The van der Waals surface area contributed by atoms with Gasteiger partial charge in [0.2, 0.25) is 5.91 Å². The van der Waals surface area contributed by atoms with Crippen molar-refractivity contribution in [3.8, 4) is 5.75 Å². The second-order valence-corrected chi connectivity index (χ2v) is 8.01. The van der Waals surface area contributed by atoms with Gasteiger partial charge in [0.1, 0.15) is 18.0 Å². The van der Waals surface area contributed by atoms with Crippen molar-refractivity contribution in [3.63, 3.8) is 0 Å². The van der Waals surface area contributed by atoms with E-state index >= 15 is 0 Å². The Morgan fingerprint density at radius 3 is 2.59 bits per heavy atom. The predicted molar refractivity (Wildman–Crippen MR) is 119 cm³/mol. The number of benzene rings is 2. The maximum Gasteiger partial charge on any atom is 0.247 e. The van der Waals surface area contributed by atoms with E-state index in [2.05, 4.69) is 33.2 Å². The molecule has 6 nitrogen and oxygen atoms in total. The summed E-state index contributed by atoms with van der Waals surface area (Å²) in [6, 6.07) is 17.1. The van der Waals surface area contributed by atoms with Crippen LogP contribution >= 0.6 is 22.6 Å². The third kappa shape index (κ3) is 6.02. The first-order chi connectivity index (χ1) is 14.1. The Labute approximate surface area is 184 Å². The predicted octanol–water partition coefficient (Wildman–Crippen LogP) is 2.00. The molecule has 7 heteroatoms. The molecule has 29 heavy (non-hydrogen) atoms. The molecule has 154 valence electrons. The standard InChI is InChI=1S/C22H25IN2O4/c23-17-8-4-5-9-19(17)29-20-13-16(22(28)24-10-11-26)12-18(21(20)27)25-14-15-6-2-1-3-7-15/h1-9,13,18,20-21,25-27H,10-12,14H2,(H,24,28). The highest BCUT2D eigenvalue weighted by atomic mass is 127. The highest BCUT2D eigenvalue weighted by Gasteiger charge is 2.35. The van der Waals surface area contributed by atoms with Gasteiger partial charge in [-0.1, -0.05) is 42.5 Å². The van der Waals surface area contributed by atoms with Crippen LogP contribution in [0.5, 0.6) is 5.75 Å². The van der Waals surface area contributed by atoms with E-state index < -0.39 is 12.2 Å². The van der Waals surface area contributed by atoms with Crippen molar-refractivity contribution in [2.24, 2.45) is 0 Å². The molecular formula is C22H25IN2O4. The van der Waals surface area contributed by atoms with Crippen LogP contribution in [0.2, 0.25) is 0 Å². The summed E-state index contributed by atoms with van der Waals surface area (Å²) in [4.78, 5) is 12.5. The average molecular weight is 508 g/mol. The molecule has 0 bridgehead atoms. The Morgan fingerprint density at radius 2 is 1.86 bits per heavy atom. The van der Waals surface area contributed by atoms with E-state index in [9.17, 15) is 9.90 Å². The zero-order valence-electron chi connectivity index (χ0n) is 15.9. The quantitative estimate of drug-likeness (QED) is 0.410. The third-order valence-corrected chi connectivity index (χ3v) is 5.65. The van der Waals surface area contributed by atoms with Crippen molar-refractivity contribution in [3.05, 3.63) is 75.4 Å². The number of aliphatic hydroxyl groups excluding tert-OH is 2. The van der Waals surface area contributed by atoms with Crippen LogP contribution in [0, 0.1) is 3.57 Å². The van der Waals surface area contributed by atoms with Gasteiger partial charge in [0.05, 0.1) is 10.2 Å². The van der Waals surface area contributed by atoms with Gasteiger partial charge in [-0.3, -0.25) is 4.79 Å². The molecule has 1 aliphatic carbocycles. The topological polar surface area (TPSA) is 90.8 Å². The zero-order valence-corrected chi connectivity index (χ0v) is 18.1. The summed E-state index contributed by atoms with van der Waals surface area (Å²) < 4.78 is 6.99. The smallest absolute Gasteiger partial charge is 0.247 e. The summed E-state index contributed by atoms with van der Waals surface area (Å²) in [6.45, 7) is 0.631. The number of hydrogen-bond acceptors (Lipinski definition) is 5. The van der Waals surface area contributed by atoms with Crippen LogP contribution in [-0.2, 0) is 11.3 Å². The van der Waals surface area contributed by atoms with Crippen molar-refractivity contribution in [2.45, 2.75) is 31.2 Å². The van der Waals surface area contributed by atoms with Crippen molar-refractivity contribution in [2.75, 3.05) is 13.2 Å². The number of nitrogens with one attached hydrogen (secondary N) is 2. The van der Waals surface area contributed by atoms with E-state index in [-0.39, 0.29) is 25.1 Å². The number of carbonyl (C=O) groups is 1. The first-order valence-corrected chi connectivity index (χ1v) is 10.6. The third-order valence-electron chi connectivity index (χ3n) is 4.75. The van der Waals surface area contributed by atoms with Crippen molar-refractivity contribution < 1.29 is 19.7 Å². The number of carbonyl (C=O) groups excluding carboxylic acids is 1. The Kier molecular flexibility index (Phi) is 8.05. The van der Waals surface area contributed by atoms with E-state index in [4.69, 9.17) is 9.84 Å². The summed E-state index contributed by atoms with van der Waals surface area (Å²) >= 11 is 2.18. The lowest BCUT2D eigenvalue weighted by molar-refractivity contribution is -0.118. The summed E-state index contributed by atoms with van der Waals surface area (Å²) in [7, 11) is 0. The van der Waals surface area contributed by atoms with Crippen LogP contribution in [0.3, 0.4) is 0 Å². The largest absolute Gasteiger partial charge is 0.482 e. The number of halogens is 1. The number of ether oxygens (including phenoxy) is 1. The second kappa shape index (κ2) is 10.7. The summed E-state index contributed by atoms with van der Waals surface area (Å²) in [6.07, 6.45) is 0.574. The summed E-state index contributed by atoms with van der Waals surface area (Å²) in [5.74, 6) is 0.404. The van der Waals surface area contributed by atoms with Crippen LogP contribution in [0.4, 0.5) is 0 Å². The Hall–Kier alpha value is -1.94. The molecule has 0 saturated heterocycles. The van der Waals surface area contributed by atoms with E-state index in [1.807, 2.05) is 54.6 Å². The van der Waals surface area contributed by atoms with Gasteiger partial charge in [0.25, 0.3) is 0 Å². The Balaban J connectivity index is 1.78. The Morgan fingerprint density at radius 1 is 1.14 bits per heavy atom. The lowest BCUT2D eigenvalue weighted by Crippen LogP contribution is -2.51. The molecule has 0 aromatic heterocycles. The molecule has 0 aliphatic heterocycles. The van der Waals surface area contributed by atoms with Gasteiger partial charge >= 0.3 is 0 Å². The van der Waals surface area contributed by atoms with Crippen LogP contribution in [0.25, 0.3) is 0 Å². The van der Waals surface area contributed by atoms with Gasteiger partial charge in [-0.05, 0) is 52.8 Å². The van der Waals surface area contributed by atoms with E-state index in [1.54, 1.807) is 6.08 Å². The monoisotopic (exact) mass is 508 g/mol. The fourth-order valence-corrected chi connectivity index (χ4v) is 3.75. The first kappa shape index (κ1) is 21.8. The van der Waals surface area contributed by atoms with E-state index in [0.717, 1.165) is 9.13 Å². The van der Waals surface area contributed by atoms with Crippen molar-refractivity contribution >= 4 is 28.5 Å². The number of hydrogen-bond donors (Lipinski definition) is 4. The van der Waals surface area contributed by atoms with Gasteiger partial charge in [-0.25, -0.2) is 0 Å². The molecule has 0 saturated carbocycles. The highest BCUT2D eigenvalue weighted by molar-refractivity contribution is 14.1. The summed E-state index contributed by atoms with van der Waals surface area (Å²) in [5.41, 5.74) is 1.63. The Bertz CT molecular complexity index is 844. The number of para-hydroxylation sites is 1. The normalized spacial score (nSPS) is 21.3. The second-order valence-electron chi connectivity index (χ2n) is 6.85. The fourth-order valence-electron chi connectivity index (χ4n) is 3.23. The average Bonchev–Trinajstić information content (AvgIpc) is 2.74. The minimum Gasteiger partial charge on any atom is -0.482 e. The molecule has 3 unspecified atom stereocenters. The molecule has 0 radical (unpaired) electrons. The molecule has 1 amide bonds. The van der Waals surface area contributed by atoms with Gasteiger partial charge in [-0.2, -0.15) is 0 Å².